The predicted octanol–water partition coefficient (Wildman–Crippen LogP) is 2.22. The van der Waals surface area contributed by atoms with E-state index in [4.69, 9.17) is 22.1 Å². The molecule has 0 unspecified atom stereocenters. The summed E-state index contributed by atoms with van der Waals surface area (Å²) in [7, 11) is -3.18. The van der Waals surface area contributed by atoms with Crippen molar-refractivity contribution in [1.29, 1.82) is 0 Å². The zero-order chi connectivity index (χ0) is 15.7. The normalized spacial score (nSPS) is 28.6. The van der Waals surface area contributed by atoms with Crippen LogP contribution in [0.1, 0.15) is 25.3 Å². The smallest absolute Gasteiger partial charge is 0.154 e. The van der Waals surface area contributed by atoms with Gasteiger partial charge in [-0.05, 0) is 24.6 Å². The van der Waals surface area contributed by atoms with E-state index in [9.17, 15) is 8.42 Å². The third-order valence-corrected chi connectivity index (χ3v) is 6.93. The van der Waals surface area contributed by atoms with E-state index in [0.717, 1.165) is 5.56 Å². The molecule has 0 amide bonds. The molecule has 0 spiro atoms. The first-order valence-corrected chi connectivity index (χ1v) is 9.27. The monoisotopic (exact) mass is 331 g/mol. The lowest BCUT2D eigenvalue weighted by molar-refractivity contribution is 0.101. The molecule has 0 heterocycles. The van der Waals surface area contributed by atoms with Crippen LogP contribution >= 0.6 is 11.6 Å². The number of rotatable bonds is 7. The number of hydrogen-bond acceptors (Lipinski definition) is 4. The molecule has 0 saturated heterocycles. The Hall–Kier alpha value is -0.620. The molecule has 0 bridgehead atoms. The van der Waals surface area contributed by atoms with Gasteiger partial charge in [0.1, 0.15) is 0 Å². The lowest BCUT2D eigenvalue weighted by atomic mass is 10.00. The summed E-state index contributed by atoms with van der Waals surface area (Å²) in [6.45, 7) is 4.79. The van der Waals surface area contributed by atoms with Crippen molar-refractivity contribution in [2.75, 3.05) is 25.5 Å². The van der Waals surface area contributed by atoms with Crippen LogP contribution in [0.15, 0.2) is 24.3 Å². The second-order valence-corrected chi connectivity index (χ2v) is 8.32. The summed E-state index contributed by atoms with van der Waals surface area (Å²) in [5.41, 5.74) is 6.39. The maximum atomic E-state index is 12.4. The summed E-state index contributed by atoms with van der Waals surface area (Å²) in [6.07, 6.45) is 0. The van der Waals surface area contributed by atoms with Gasteiger partial charge in [-0.1, -0.05) is 30.7 Å². The standard InChI is InChI=1S/C15H22ClNO3S/c1-3-20-10-15(9-17)13(14(15)21(18,19)4-2)11-5-7-12(16)8-6-11/h5-8,13-14H,3-4,9-10,17H2,1-2H3/t13-,14-,15-/m0/s1. The first-order chi connectivity index (χ1) is 9.93. The average molecular weight is 332 g/mol. The average Bonchev–Trinajstić information content (AvgIpc) is 3.16. The zero-order valence-electron chi connectivity index (χ0n) is 12.4. The highest BCUT2D eigenvalue weighted by atomic mass is 35.5. The number of halogens is 1. The number of nitrogens with two attached hydrogens (primary N) is 1. The molecule has 118 valence electrons. The molecule has 2 N–H and O–H groups in total. The summed E-state index contributed by atoms with van der Waals surface area (Å²) < 4.78 is 30.4. The minimum atomic E-state index is -3.18. The maximum absolute atomic E-state index is 12.4. The van der Waals surface area contributed by atoms with Gasteiger partial charge in [-0.25, -0.2) is 8.42 Å². The van der Waals surface area contributed by atoms with Crippen LogP contribution in [0, 0.1) is 5.41 Å². The van der Waals surface area contributed by atoms with Crippen LogP contribution < -0.4 is 5.73 Å². The second kappa shape index (κ2) is 6.24. The highest BCUT2D eigenvalue weighted by Gasteiger charge is 2.69. The summed E-state index contributed by atoms with van der Waals surface area (Å²) in [5.74, 6) is 0.00610. The molecule has 1 aromatic rings. The van der Waals surface area contributed by atoms with Crippen LogP contribution in [0.25, 0.3) is 0 Å². The largest absolute Gasteiger partial charge is 0.381 e. The molecule has 0 aromatic heterocycles. The van der Waals surface area contributed by atoms with Gasteiger partial charge in [0.15, 0.2) is 9.84 Å². The third kappa shape index (κ3) is 2.97. The molecule has 4 nitrogen and oxygen atoms in total. The van der Waals surface area contributed by atoms with Crippen LogP contribution in [0.2, 0.25) is 5.02 Å². The summed E-state index contributed by atoms with van der Waals surface area (Å²) in [6, 6.07) is 7.34. The Kier molecular flexibility index (Phi) is 4.98. The number of sulfone groups is 1. The van der Waals surface area contributed by atoms with Gasteiger partial charge >= 0.3 is 0 Å². The fourth-order valence-electron chi connectivity index (χ4n) is 3.14. The summed E-state index contributed by atoms with van der Waals surface area (Å²) >= 11 is 5.91. The van der Waals surface area contributed by atoms with E-state index < -0.39 is 20.5 Å². The molecule has 1 aliphatic carbocycles. The first-order valence-electron chi connectivity index (χ1n) is 7.17. The molecule has 2 rings (SSSR count). The quantitative estimate of drug-likeness (QED) is 0.831. The highest BCUT2D eigenvalue weighted by Crippen LogP contribution is 2.62. The second-order valence-electron chi connectivity index (χ2n) is 5.48. The van der Waals surface area contributed by atoms with Gasteiger partial charge < -0.3 is 10.5 Å². The lowest BCUT2D eigenvalue weighted by Gasteiger charge is -2.15. The first kappa shape index (κ1) is 16.7. The van der Waals surface area contributed by atoms with Crippen LogP contribution in [-0.4, -0.2) is 39.2 Å². The SMILES string of the molecule is CCOC[C@@]1(CN)[C@@H](c2ccc(Cl)cc2)[C@@H]1S(=O)(=O)CC. The Labute approximate surface area is 131 Å². The topological polar surface area (TPSA) is 69.4 Å². The molecule has 1 aliphatic rings. The van der Waals surface area contributed by atoms with Gasteiger partial charge in [-0.3, -0.25) is 0 Å². The molecule has 1 saturated carbocycles. The van der Waals surface area contributed by atoms with Crippen molar-refractivity contribution in [2.24, 2.45) is 11.1 Å². The molecule has 0 radical (unpaired) electrons. The van der Waals surface area contributed by atoms with Gasteiger partial charge in [0.05, 0.1) is 11.9 Å². The number of benzene rings is 1. The van der Waals surface area contributed by atoms with Crippen LogP contribution in [0.5, 0.6) is 0 Å². The van der Waals surface area contributed by atoms with Crippen molar-refractivity contribution in [2.45, 2.75) is 25.0 Å². The predicted molar refractivity (Wildman–Crippen MR) is 85.4 cm³/mol. The van der Waals surface area contributed by atoms with Gasteiger partial charge in [-0.2, -0.15) is 0 Å². The van der Waals surface area contributed by atoms with Crippen molar-refractivity contribution in [1.82, 2.24) is 0 Å². The summed E-state index contributed by atoms with van der Waals surface area (Å²) in [5, 5.41) is 0.171. The van der Waals surface area contributed by atoms with Crippen molar-refractivity contribution >= 4 is 21.4 Å². The fraction of sp³-hybridized carbons (Fsp3) is 0.600. The van der Waals surface area contributed by atoms with Gasteiger partial charge in [0.2, 0.25) is 0 Å². The van der Waals surface area contributed by atoms with Crippen molar-refractivity contribution in [3.8, 4) is 0 Å². The Morgan fingerprint density at radius 1 is 1.29 bits per heavy atom. The van der Waals surface area contributed by atoms with Crippen LogP contribution in [0.3, 0.4) is 0 Å². The Bertz CT molecular complexity index is 587. The van der Waals surface area contributed by atoms with Gasteiger partial charge in [0, 0.05) is 35.3 Å². The van der Waals surface area contributed by atoms with Gasteiger partial charge in [0.25, 0.3) is 0 Å². The van der Waals surface area contributed by atoms with Gasteiger partial charge in [-0.15, -0.1) is 0 Å². The zero-order valence-corrected chi connectivity index (χ0v) is 14.0. The summed E-state index contributed by atoms with van der Waals surface area (Å²) in [4.78, 5) is 0. The van der Waals surface area contributed by atoms with E-state index in [0.29, 0.717) is 24.8 Å². The van der Waals surface area contributed by atoms with E-state index in [-0.39, 0.29) is 11.7 Å². The molecule has 3 atom stereocenters. The van der Waals surface area contributed by atoms with Crippen LogP contribution in [-0.2, 0) is 14.6 Å². The molecule has 21 heavy (non-hydrogen) atoms. The van der Waals surface area contributed by atoms with Crippen LogP contribution in [0.4, 0.5) is 0 Å². The Balaban J connectivity index is 2.38. The molecular formula is C15H22ClNO3S. The minimum absolute atomic E-state index is 0.115. The Morgan fingerprint density at radius 3 is 2.38 bits per heavy atom. The minimum Gasteiger partial charge on any atom is -0.381 e. The van der Waals surface area contributed by atoms with Crippen molar-refractivity contribution < 1.29 is 13.2 Å². The third-order valence-electron chi connectivity index (χ3n) is 4.35. The fourth-order valence-corrected chi connectivity index (χ4v) is 5.42. The van der Waals surface area contributed by atoms with E-state index in [1.807, 2.05) is 19.1 Å². The number of hydrogen-bond donors (Lipinski definition) is 1. The van der Waals surface area contributed by atoms with Crippen molar-refractivity contribution in [3.63, 3.8) is 0 Å². The van der Waals surface area contributed by atoms with Crippen molar-refractivity contribution in [3.05, 3.63) is 34.9 Å². The van der Waals surface area contributed by atoms with E-state index in [2.05, 4.69) is 0 Å². The molecule has 6 heteroatoms. The molecular weight excluding hydrogens is 310 g/mol. The number of ether oxygens (including phenoxy) is 1. The molecule has 0 aliphatic heterocycles. The highest BCUT2D eigenvalue weighted by molar-refractivity contribution is 7.92. The maximum Gasteiger partial charge on any atom is 0.154 e. The lowest BCUT2D eigenvalue weighted by Crippen LogP contribution is -2.29. The molecule has 1 fully saturated rings. The molecule has 1 aromatic carbocycles. The van der Waals surface area contributed by atoms with E-state index in [1.54, 1.807) is 19.1 Å². The van der Waals surface area contributed by atoms with E-state index >= 15 is 0 Å². The van der Waals surface area contributed by atoms with E-state index in [1.165, 1.54) is 0 Å². The Morgan fingerprint density at radius 2 is 1.90 bits per heavy atom.